The van der Waals surface area contributed by atoms with Crippen LogP contribution in [0.5, 0.6) is 0 Å². The molecule has 1 N–H and O–H groups in total. The first kappa shape index (κ1) is 18.9. The van der Waals surface area contributed by atoms with E-state index in [1.54, 1.807) is 0 Å². The average molecular weight is 366 g/mol. The van der Waals surface area contributed by atoms with Crippen LogP contribution in [0.25, 0.3) is 0 Å². The molecule has 2 aliphatic carbocycles. The Bertz CT molecular complexity index is 656. The quantitative estimate of drug-likeness (QED) is 0.448. The van der Waals surface area contributed by atoms with Crippen LogP contribution in [0.1, 0.15) is 40.5 Å². The minimum absolute atomic E-state index is 0.0201. The van der Waals surface area contributed by atoms with Crippen molar-refractivity contribution < 1.29 is 33.7 Å². The van der Waals surface area contributed by atoms with E-state index in [0.29, 0.717) is 6.42 Å². The summed E-state index contributed by atoms with van der Waals surface area (Å²) in [4.78, 5) is 35.5. The van der Waals surface area contributed by atoms with E-state index in [1.807, 2.05) is 13.8 Å². The van der Waals surface area contributed by atoms with E-state index in [4.69, 9.17) is 14.2 Å². The van der Waals surface area contributed by atoms with E-state index in [0.717, 1.165) is 0 Å². The summed E-state index contributed by atoms with van der Waals surface area (Å²) >= 11 is 0. The predicted molar refractivity (Wildman–Crippen MR) is 89.6 cm³/mol. The molecule has 0 radical (unpaired) electrons. The zero-order chi connectivity index (χ0) is 19.4. The molecule has 1 saturated heterocycles. The predicted octanol–water partition coefficient (Wildman–Crippen LogP) is 1.37. The Kier molecular flexibility index (Phi) is 4.63. The van der Waals surface area contributed by atoms with Gasteiger partial charge < -0.3 is 19.3 Å². The molecule has 7 heteroatoms. The molecule has 2 saturated carbocycles. The monoisotopic (exact) mass is 366 g/mol. The Labute approximate surface area is 152 Å². The second kappa shape index (κ2) is 6.37. The summed E-state index contributed by atoms with van der Waals surface area (Å²) in [6, 6.07) is 0. The van der Waals surface area contributed by atoms with E-state index < -0.39 is 53.7 Å². The zero-order valence-electron chi connectivity index (χ0n) is 15.6. The maximum atomic E-state index is 12.1. The summed E-state index contributed by atoms with van der Waals surface area (Å²) < 4.78 is 16.6. The van der Waals surface area contributed by atoms with Crippen LogP contribution in [-0.4, -0.2) is 47.4 Å². The fourth-order valence-electron chi connectivity index (χ4n) is 5.44. The van der Waals surface area contributed by atoms with Crippen LogP contribution in [-0.2, 0) is 28.6 Å². The third-order valence-electron chi connectivity index (χ3n) is 6.38. The first-order valence-electron chi connectivity index (χ1n) is 8.99. The van der Waals surface area contributed by atoms with Crippen LogP contribution >= 0.6 is 0 Å². The molecule has 0 amide bonds. The Morgan fingerprint density at radius 1 is 1.23 bits per heavy atom. The van der Waals surface area contributed by atoms with Gasteiger partial charge in [0, 0.05) is 37.2 Å². The third-order valence-corrected chi connectivity index (χ3v) is 6.38. The first-order valence-corrected chi connectivity index (χ1v) is 8.99. The summed E-state index contributed by atoms with van der Waals surface area (Å²) in [7, 11) is 0. The second-order valence-electron chi connectivity index (χ2n) is 8.03. The Hall–Kier alpha value is -1.89. The van der Waals surface area contributed by atoms with Crippen molar-refractivity contribution >= 4 is 17.9 Å². The van der Waals surface area contributed by atoms with Gasteiger partial charge in [-0.1, -0.05) is 20.4 Å². The van der Waals surface area contributed by atoms with Gasteiger partial charge in [0.15, 0.2) is 0 Å². The number of aliphatic hydroxyl groups is 1. The normalized spacial score (nSPS) is 44.6. The minimum Gasteiger partial charge on any atom is -0.462 e. The van der Waals surface area contributed by atoms with Crippen LogP contribution in [0, 0.1) is 23.2 Å². The maximum absolute atomic E-state index is 12.1. The highest BCUT2D eigenvalue weighted by Gasteiger charge is 2.66. The maximum Gasteiger partial charge on any atom is 0.334 e. The molecule has 7 nitrogen and oxygen atoms in total. The second-order valence-corrected chi connectivity index (χ2v) is 8.03. The molecule has 0 spiro atoms. The third kappa shape index (κ3) is 2.73. The molecule has 0 bridgehead atoms. The molecular formula is C19H26O7. The topological polar surface area (TPSA) is 99.1 Å². The molecule has 3 aliphatic rings. The zero-order valence-corrected chi connectivity index (χ0v) is 15.6. The molecule has 1 heterocycles. The summed E-state index contributed by atoms with van der Waals surface area (Å²) in [6.45, 7) is 10.3. The number of rotatable bonds is 2. The number of ether oxygens (including phenoxy) is 3. The molecule has 3 fully saturated rings. The van der Waals surface area contributed by atoms with Crippen molar-refractivity contribution in [2.45, 2.75) is 65.0 Å². The van der Waals surface area contributed by atoms with Crippen LogP contribution in [0.2, 0.25) is 0 Å². The van der Waals surface area contributed by atoms with Gasteiger partial charge in [0.05, 0.1) is 12.0 Å². The fraction of sp³-hybridized carbons (Fsp3) is 0.737. The molecule has 0 aromatic rings. The van der Waals surface area contributed by atoms with Crippen LogP contribution in [0.4, 0.5) is 0 Å². The van der Waals surface area contributed by atoms with Crippen molar-refractivity contribution in [3.05, 3.63) is 12.2 Å². The number of hydrogen-bond donors (Lipinski definition) is 1. The van der Waals surface area contributed by atoms with Crippen molar-refractivity contribution in [2.75, 3.05) is 0 Å². The lowest BCUT2D eigenvalue weighted by Gasteiger charge is -2.43. The van der Waals surface area contributed by atoms with E-state index in [2.05, 4.69) is 6.58 Å². The highest BCUT2D eigenvalue weighted by molar-refractivity contribution is 5.91. The number of carbonyl (C=O) groups excluding carboxylic acids is 3. The number of aliphatic hydroxyl groups excluding tert-OH is 1. The Morgan fingerprint density at radius 2 is 1.85 bits per heavy atom. The molecule has 0 aromatic carbocycles. The van der Waals surface area contributed by atoms with Gasteiger partial charge in [-0.3, -0.25) is 9.59 Å². The molecular weight excluding hydrogens is 340 g/mol. The van der Waals surface area contributed by atoms with Crippen LogP contribution in [0.15, 0.2) is 12.2 Å². The van der Waals surface area contributed by atoms with E-state index in [9.17, 15) is 19.5 Å². The smallest absolute Gasteiger partial charge is 0.334 e. The minimum atomic E-state index is -0.887. The number of fused-ring (bicyclic) bond motifs is 2. The number of carbonyl (C=O) groups is 3. The van der Waals surface area contributed by atoms with Crippen molar-refractivity contribution in [2.24, 2.45) is 23.2 Å². The van der Waals surface area contributed by atoms with Crippen molar-refractivity contribution in [1.82, 2.24) is 0 Å². The molecule has 1 aliphatic heterocycles. The molecule has 144 valence electrons. The van der Waals surface area contributed by atoms with Crippen molar-refractivity contribution in [3.63, 3.8) is 0 Å². The van der Waals surface area contributed by atoms with E-state index in [-0.39, 0.29) is 23.8 Å². The van der Waals surface area contributed by atoms with Crippen LogP contribution in [0.3, 0.4) is 0 Å². The van der Waals surface area contributed by atoms with Gasteiger partial charge in [-0.15, -0.1) is 0 Å². The van der Waals surface area contributed by atoms with E-state index in [1.165, 1.54) is 13.8 Å². The van der Waals surface area contributed by atoms with Crippen LogP contribution < -0.4 is 0 Å². The first-order chi connectivity index (χ1) is 12.1. The van der Waals surface area contributed by atoms with Gasteiger partial charge >= 0.3 is 17.9 Å². The number of esters is 3. The molecule has 8 atom stereocenters. The summed E-state index contributed by atoms with van der Waals surface area (Å²) in [5.41, 5.74) is -0.625. The fourth-order valence-corrected chi connectivity index (χ4v) is 5.44. The molecule has 0 unspecified atom stereocenters. The van der Waals surface area contributed by atoms with E-state index >= 15 is 0 Å². The lowest BCUT2D eigenvalue weighted by Crippen LogP contribution is -2.51. The average Bonchev–Trinajstić information content (AvgIpc) is 2.88. The van der Waals surface area contributed by atoms with Gasteiger partial charge in [-0.25, -0.2) is 4.79 Å². The molecule has 3 rings (SSSR count). The SMILES string of the molecule is C=C1C(=O)O[C@H]2C[C@@H](C)[C@@H]3[C@@H](OC(C)=O)C[C@H](O)[C@]3(C)[C@@H](OC(C)=O)[C@H]12. The van der Waals surface area contributed by atoms with Gasteiger partial charge in [0.25, 0.3) is 0 Å². The van der Waals surface area contributed by atoms with Gasteiger partial charge in [0.1, 0.15) is 18.3 Å². The number of hydrogen-bond acceptors (Lipinski definition) is 7. The van der Waals surface area contributed by atoms with Crippen molar-refractivity contribution in [1.29, 1.82) is 0 Å². The standard InChI is InChI=1S/C19H26O7/c1-8-6-12-15(9(2)18(23)26-12)17(25-11(4)21)19(5)14(22)7-13(16(8)19)24-10(3)20/h8,12-17,22H,2,6-7H2,1,3-5H3/t8-,12+,13+,14+,15-,16-,17+,19+/m1/s1. The highest BCUT2D eigenvalue weighted by Crippen LogP contribution is 2.58. The largest absolute Gasteiger partial charge is 0.462 e. The van der Waals surface area contributed by atoms with Crippen molar-refractivity contribution in [3.8, 4) is 0 Å². The van der Waals surface area contributed by atoms with Gasteiger partial charge in [0.2, 0.25) is 0 Å². The highest BCUT2D eigenvalue weighted by atomic mass is 16.6. The Morgan fingerprint density at radius 3 is 2.42 bits per heavy atom. The molecule has 0 aromatic heterocycles. The lowest BCUT2D eigenvalue weighted by molar-refractivity contribution is -0.170. The van der Waals surface area contributed by atoms with Gasteiger partial charge in [-0.05, 0) is 12.3 Å². The Balaban J connectivity index is 2.10. The lowest BCUT2D eigenvalue weighted by atomic mass is 9.66. The summed E-state index contributed by atoms with van der Waals surface area (Å²) in [6.07, 6.45) is -1.80. The summed E-state index contributed by atoms with van der Waals surface area (Å²) in [5.74, 6) is -2.18. The van der Waals surface area contributed by atoms with Gasteiger partial charge in [-0.2, -0.15) is 0 Å². The molecule has 26 heavy (non-hydrogen) atoms. The summed E-state index contributed by atoms with van der Waals surface area (Å²) in [5, 5.41) is 10.9.